The second-order valence-corrected chi connectivity index (χ2v) is 5.20. The highest BCUT2D eigenvalue weighted by molar-refractivity contribution is 7.13. The smallest absolute Gasteiger partial charge is 0.177 e. The Kier molecular flexibility index (Phi) is 3.72. The maximum absolute atomic E-state index is 5.33. The highest BCUT2D eigenvalue weighted by atomic mass is 32.1. The molecule has 1 N–H and O–H groups in total. The number of hydrogen-bond donors (Lipinski definition) is 1. The van der Waals surface area contributed by atoms with Gasteiger partial charge in [0.15, 0.2) is 5.76 Å². The summed E-state index contributed by atoms with van der Waals surface area (Å²) in [5.74, 6) is 0.839. The van der Waals surface area contributed by atoms with Crippen molar-refractivity contribution in [1.29, 1.82) is 0 Å². The predicted octanol–water partition coefficient (Wildman–Crippen LogP) is 3.69. The SMILES string of the molecule is c1ccc(CNCc2cc(-c3cccs3)on2)cc1. The first-order chi connectivity index (χ1) is 9.42. The second kappa shape index (κ2) is 5.82. The van der Waals surface area contributed by atoms with E-state index < -0.39 is 0 Å². The van der Waals surface area contributed by atoms with Crippen molar-refractivity contribution in [2.45, 2.75) is 13.1 Å². The zero-order chi connectivity index (χ0) is 12.9. The Morgan fingerprint density at radius 1 is 1.05 bits per heavy atom. The molecule has 0 aliphatic carbocycles. The van der Waals surface area contributed by atoms with Crippen molar-refractivity contribution >= 4 is 11.3 Å². The van der Waals surface area contributed by atoms with Crippen LogP contribution in [-0.2, 0) is 13.1 Å². The minimum Gasteiger partial charge on any atom is -0.355 e. The normalized spacial score (nSPS) is 10.7. The van der Waals surface area contributed by atoms with Gasteiger partial charge in [-0.3, -0.25) is 0 Å². The summed E-state index contributed by atoms with van der Waals surface area (Å²) in [7, 11) is 0. The summed E-state index contributed by atoms with van der Waals surface area (Å²) in [6, 6.07) is 16.4. The number of nitrogens with zero attached hydrogens (tertiary/aromatic N) is 1. The van der Waals surface area contributed by atoms with Crippen LogP contribution in [0.5, 0.6) is 0 Å². The zero-order valence-electron chi connectivity index (χ0n) is 10.4. The molecule has 3 rings (SSSR count). The molecular weight excluding hydrogens is 256 g/mol. The Bertz CT molecular complexity index is 617. The fourth-order valence-electron chi connectivity index (χ4n) is 1.86. The number of aromatic nitrogens is 1. The van der Waals surface area contributed by atoms with E-state index in [1.807, 2.05) is 41.8 Å². The highest BCUT2D eigenvalue weighted by Gasteiger charge is 2.06. The molecule has 0 aliphatic rings. The fraction of sp³-hybridized carbons (Fsp3) is 0.133. The van der Waals surface area contributed by atoms with E-state index in [9.17, 15) is 0 Å². The zero-order valence-corrected chi connectivity index (χ0v) is 11.2. The van der Waals surface area contributed by atoms with Crippen LogP contribution in [0.1, 0.15) is 11.3 Å². The maximum atomic E-state index is 5.33. The van der Waals surface area contributed by atoms with E-state index in [1.54, 1.807) is 11.3 Å². The van der Waals surface area contributed by atoms with E-state index in [2.05, 4.69) is 22.6 Å². The van der Waals surface area contributed by atoms with Gasteiger partial charge in [-0.1, -0.05) is 41.6 Å². The molecule has 96 valence electrons. The Morgan fingerprint density at radius 2 is 1.95 bits per heavy atom. The molecular formula is C15H14N2OS. The summed E-state index contributed by atoms with van der Waals surface area (Å²) >= 11 is 1.66. The van der Waals surface area contributed by atoms with Crippen LogP contribution < -0.4 is 5.32 Å². The Morgan fingerprint density at radius 3 is 2.74 bits per heavy atom. The lowest BCUT2D eigenvalue weighted by atomic mass is 10.2. The molecule has 0 saturated carbocycles. The summed E-state index contributed by atoms with van der Waals surface area (Å²) in [5, 5.41) is 9.46. The molecule has 19 heavy (non-hydrogen) atoms. The first-order valence-electron chi connectivity index (χ1n) is 6.16. The summed E-state index contributed by atoms with van der Waals surface area (Å²) in [6.45, 7) is 1.55. The molecule has 0 spiro atoms. The summed E-state index contributed by atoms with van der Waals surface area (Å²) in [4.78, 5) is 1.11. The third kappa shape index (κ3) is 3.10. The Hall–Kier alpha value is -1.91. The average molecular weight is 270 g/mol. The largest absolute Gasteiger partial charge is 0.355 e. The van der Waals surface area contributed by atoms with Gasteiger partial charge in [0.1, 0.15) is 0 Å². The second-order valence-electron chi connectivity index (χ2n) is 4.25. The van der Waals surface area contributed by atoms with Crippen LogP contribution in [0.4, 0.5) is 0 Å². The summed E-state index contributed by atoms with van der Waals surface area (Å²) < 4.78 is 5.33. The molecule has 0 aliphatic heterocycles. The molecule has 0 radical (unpaired) electrons. The van der Waals surface area contributed by atoms with Gasteiger partial charge in [-0.15, -0.1) is 11.3 Å². The molecule has 4 heteroatoms. The minimum absolute atomic E-state index is 0.712. The summed E-state index contributed by atoms with van der Waals surface area (Å²) in [6.07, 6.45) is 0. The number of hydrogen-bond acceptors (Lipinski definition) is 4. The van der Waals surface area contributed by atoms with Crippen LogP contribution >= 0.6 is 11.3 Å². The number of thiophene rings is 1. The van der Waals surface area contributed by atoms with Crippen molar-refractivity contribution in [3.63, 3.8) is 0 Å². The molecule has 0 bridgehead atoms. The quantitative estimate of drug-likeness (QED) is 0.768. The van der Waals surface area contributed by atoms with Crippen LogP contribution in [0.3, 0.4) is 0 Å². The highest BCUT2D eigenvalue weighted by Crippen LogP contribution is 2.24. The topological polar surface area (TPSA) is 38.1 Å². The lowest BCUT2D eigenvalue weighted by Crippen LogP contribution is -2.12. The first kappa shape index (κ1) is 12.1. The van der Waals surface area contributed by atoms with Gasteiger partial charge in [-0.2, -0.15) is 0 Å². The van der Waals surface area contributed by atoms with Gasteiger partial charge in [-0.25, -0.2) is 0 Å². The molecule has 0 atom stereocenters. The Labute approximate surface area is 115 Å². The van der Waals surface area contributed by atoms with Crippen molar-refractivity contribution in [1.82, 2.24) is 10.5 Å². The third-order valence-corrected chi connectivity index (χ3v) is 3.69. The monoisotopic (exact) mass is 270 g/mol. The molecule has 1 aromatic carbocycles. The standard InChI is InChI=1S/C15H14N2OS/c1-2-5-12(6-3-1)10-16-11-13-9-14(18-17-13)15-7-4-8-19-15/h1-9,16H,10-11H2. The van der Waals surface area contributed by atoms with Crippen LogP contribution in [-0.4, -0.2) is 5.16 Å². The van der Waals surface area contributed by atoms with Crippen LogP contribution in [0.2, 0.25) is 0 Å². The maximum Gasteiger partial charge on any atom is 0.177 e. The summed E-state index contributed by atoms with van der Waals surface area (Å²) in [5.41, 5.74) is 2.20. The molecule has 0 unspecified atom stereocenters. The van der Waals surface area contributed by atoms with Gasteiger partial charge in [-0.05, 0) is 17.0 Å². The minimum atomic E-state index is 0.712. The van der Waals surface area contributed by atoms with Crippen LogP contribution in [0, 0.1) is 0 Å². The number of benzene rings is 1. The Balaban J connectivity index is 1.56. The van der Waals surface area contributed by atoms with Crippen molar-refractivity contribution in [2.24, 2.45) is 0 Å². The molecule has 0 fully saturated rings. The van der Waals surface area contributed by atoms with Gasteiger partial charge in [0.25, 0.3) is 0 Å². The van der Waals surface area contributed by atoms with Crippen LogP contribution in [0.15, 0.2) is 58.4 Å². The molecule has 2 heterocycles. The van der Waals surface area contributed by atoms with E-state index >= 15 is 0 Å². The van der Waals surface area contributed by atoms with E-state index in [-0.39, 0.29) is 0 Å². The lowest BCUT2D eigenvalue weighted by Gasteiger charge is -2.01. The molecule has 3 nitrogen and oxygen atoms in total. The van der Waals surface area contributed by atoms with E-state index in [1.165, 1.54) is 5.56 Å². The molecule has 0 amide bonds. The van der Waals surface area contributed by atoms with E-state index in [0.717, 1.165) is 22.9 Å². The average Bonchev–Trinajstić information content (AvgIpc) is 3.10. The van der Waals surface area contributed by atoms with Crippen molar-refractivity contribution < 1.29 is 4.52 Å². The van der Waals surface area contributed by atoms with Gasteiger partial charge >= 0.3 is 0 Å². The van der Waals surface area contributed by atoms with Crippen molar-refractivity contribution in [2.75, 3.05) is 0 Å². The van der Waals surface area contributed by atoms with E-state index in [0.29, 0.717) is 6.54 Å². The van der Waals surface area contributed by atoms with Gasteiger partial charge in [0.2, 0.25) is 0 Å². The third-order valence-electron chi connectivity index (χ3n) is 2.80. The van der Waals surface area contributed by atoms with Crippen molar-refractivity contribution in [3.8, 4) is 10.6 Å². The molecule has 0 saturated heterocycles. The molecule has 3 aromatic rings. The van der Waals surface area contributed by atoms with Gasteiger partial charge in [0, 0.05) is 19.2 Å². The van der Waals surface area contributed by atoms with E-state index in [4.69, 9.17) is 4.52 Å². The predicted molar refractivity (Wildman–Crippen MR) is 76.8 cm³/mol. The number of nitrogens with one attached hydrogen (secondary N) is 1. The lowest BCUT2D eigenvalue weighted by molar-refractivity contribution is 0.420. The first-order valence-corrected chi connectivity index (χ1v) is 7.04. The van der Waals surface area contributed by atoms with Crippen LogP contribution in [0.25, 0.3) is 10.6 Å². The number of rotatable bonds is 5. The molecule has 2 aromatic heterocycles. The fourth-order valence-corrected chi connectivity index (χ4v) is 2.53. The van der Waals surface area contributed by atoms with Crippen molar-refractivity contribution in [3.05, 3.63) is 65.2 Å². The van der Waals surface area contributed by atoms with Gasteiger partial charge < -0.3 is 9.84 Å². The van der Waals surface area contributed by atoms with Gasteiger partial charge in [0.05, 0.1) is 10.6 Å².